The molecule has 0 saturated heterocycles. The number of benzene rings is 1. The standard InChI is InChI=1S/C18H21BrN2O2/c1-10-6-12(7-10)20-17(22)9-21-16-5-4-13(16)15-8-11(19)2-3-14(15)18(21)23/h2-3,8,10,12-13,16H,4-7,9H2,1H3,(H,20,22)/t10?,12?,13-,16-/m0/s1. The Bertz CT molecular complexity index is 669. The minimum atomic E-state index is -0.0125. The molecule has 0 unspecified atom stereocenters. The fourth-order valence-electron chi connectivity index (χ4n) is 4.20. The zero-order valence-electron chi connectivity index (χ0n) is 13.2. The van der Waals surface area contributed by atoms with E-state index < -0.39 is 0 Å². The van der Waals surface area contributed by atoms with E-state index in [1.807, 2.05) is 12.1 Å². The second-order valence-electron chi connectivity index (χ2n) is 7.26. The van der Waals surface area contributed by atoms with Gasteiger partial charge in [0.25, 0.3) is 5.91 Å². The highest BCUT2D eigenvalue weighted by atomic mass is 79.9. The molecule has 0 radical (unpaired) electrons. The van der Waals surface area contributed by atoms with E-state index in [9.17, 15) is 9.59 Å². The predicted octanol–water partition coefficient (Wildman–Crippen LogP) is 3.07. The average Bonchev–Trinajstić information content (AvgIpc) is 2.42. The van der Waals surface area contributed by atoms with Crippen molar-refractivity contribution in [1.29, 1.82) is 0 Å². The first-order chi connectivity index (χ1) is 11.0. The van der Waals surface area contributed by atoms with Crippen LogP contribution < -0.4 is 5.32 Å². The highest BCUT2D eigenvalue weighted by Crippen LogP contribution is 2.46. The number of rotatable bonds is 3. The van der Waals surface area contributed by atoms with Gasteiger partial charge in [0.1, 0.15) is 6.54 Å². The molecular weight excluding hydrogens is 356 g/mol. The summed E-state index contributed by atoms with van der Waals surface area (Å²) in [5.41, 5.74) is 1.91. The van der Waals surface area contributed by atoms with Crippen LogP contribution in [0.3, 0.4) is 0 Å². The van der Waals surface area contributed by atoms with Crippen molar-refractivity contribution in [1.82, 2.24) is 10.2 Å². The van der Waals surface area contributed by atoms with E-state index in [-0.39, 0.29) is 24.4 Å². The Labute approximate surface area is 144 Å². The van der Waals surface area contributed by atoms with E-state index in [1.165, 1.54) is 0 Å². The molecule has 0 bridgehead atoms. The first-order valence-electron chi connectivity index (χ1n) is 8.42. The maximum absolute atomic E-state index is 12.8. The van der Waals surface area contributed by atoms with Crippen LogP contribution in [0.1, 0.15) is 54.4 Å². The monoisotopic (exact) mass is 376 g/mol. The van der Waals surface area contributed by atoms with Crippen molar-refractivity contribution in [2.45, 2.75) is 50.6 Å². The largest absolute Gasteiger partial charge is 0.352 e. The fraction of sp³-hybridized carbons (Fsp3) is 0.556. The van der Waals surface area contributed by atoms with E-state index in [1.54, 1.807) is 4.90 Å². The third kappa shape index (κ3) is 2.59. The highest BCUT2D eigenvalue weighted by molar-refractivity contribution is 9.10. The van der Waals surface area contributed by atoms with E-state index in [0.717, 1.165) is 41.3 Å². The Hall–Kier alpha value is -1.36. The molecule has 0 aromatic heterocycles. The molecule has 1 heterocycles. The van der Waals surface area contributed by atoms with Crippen LogP contribution in [-0.2, 0) is 4.79 Å². The number of carbonyl (C=O) groups excluding carboxylic acids is 2. The fourth-order valence-corrected chi connectivity index (χ4v) is 4.57. The zero-order chi connectivity index (χ0) is 16.1. The van der Waals surface area contributed by atoms with Gasteiger partial charge >= 0.3 is 0 Å². The predicted molar refractivity (Wildman–Crippen MR) is 91.3 cm³/mol. The lowest BCUT2D eigenvalue weighted by Gasteiger charge is -2.48. The molecule has 1 N–H and O–H groups in total. The SMILES string of the molecule is CC1CC(NC(=O)CN2C(=O)c3ccc(Br)cc3[C@@H]3CC[C@@H]32)C1. The van der Waals surface area contributed by atoms with Gasteiger partial charge in [-0.15, -0.1) is 0 Å². The van der Waals surface area contributed by atoms with Crippen molar-refractivity contribution in [2.24, 2.45) is 5.92 Å². The Balaban J connectivity index is 1.50. The molecule has 4 nitrogen and oxygen atoms in total. The van der Waals surface area contributed by atoms with Gasteiger partial charge in [0.05, 0.1) is 0 Å². The lowest BCUT2D eigenvalue weighted by Crippen LogP contribution is -2.57. The maximum Gasteiger partial charge on any atom is 0.254 e. The van der Waals surface area contributed by atoms with Gasteiger partial charge < -0.3 is 10.2 Å². The molecule has 2 atom stereocenters. The van der Waals surface area contributed by atoms with Crippen LogP contribution in [0.5, 0.6) is 0 Å². The molecule has 1 aromatic carbocycles. The van der Waals surface area contributed by atoms with Gasteiger partial charge in [-0.3, -0.25) is 9.59 Å². The quantitative estimate of drug-likeness (QED) is 0.880. The zero-order valence-corrected chi connectivity index (χ0v) is 14.8. The van der Waals surface area contributed by atoms with Gasteiger partial charge in [-0.1, -0.05) is 22.9 Å². The Kier molecular flexibility index (Phi) is 3.71. The molecule has 3 aliphatic rings. The molecule has 2 saturated carbocycles. The molecule has 122 valence electrons. The van der Waals surface area contributed by atoms with E-state index >= 15 is 0 Å². The van der Waals surface area contributed by atoms with E-state index in [0.29, 0.717) is 17.9 Å². The topological polar surface area (TPSA) is 49.4 Å². The number of hydrogen-bond donors (Lipinski definition) is 1. The number of fused-ring (bicyclic) bond motifs is 3. The van der Waals surface area contributed by atoms with Gasteiger partial charge in [0.15, 0.2) is 0 Å². The van der Waals surface area contributed by atoms with Crippen molar-refractivity contribution >= 4 is 27.7 Å². The van der Waals surface area contributed by atoms with Crippen LogP contribution in [0.2, 0.25) is 0 Å². The molecule has 2 fully saturated rings. The summed E-state index contributed by atoms with van der Waals surface area (Å²) in [4.78, 5) is 26.9. The van der Waals surface area contributed by atoms with Gasteiger partial charge in [0.2, 0.25) is 5.91 Å². The summed E-state index contributed by atoms with van der Waals surface area (Å²) < 4.78 is 1.01. The molecule has 23 heavy (non-hydrogen) atoms. The molecule has 2 aliphatic carbocycles. The van der Waals surface area contributed by atoms with Gasteiger partial charge in [-0.25, -0.2) is 0 Å². The smallest absolute Gasteiger partial charge is 0.254 e. The van der Waals surface area contributed by atoms with Crippen molar-refractivity contribution in [3.63, 3.8) is 0 Å². The number of carbonyl (C=O) groups is 2. The Morgan fingerprint density at radius 1 is 1.35 bits per heavy atom. The molecule has 2 amide bonds. The summed E-state index contributed by atoms with van der Waals surface area (Å²) in [6.07, 6.45) is 4.21. The van der Waals surface area contributed by atoms with Crippen LogP contribution in [-0.4, -0.2) is 35.3 Å². The molecule has 4 rings (SSSR count). The normalized spacial score (nSPS) is 31.6. The lowest BCUT2D eigenvalue weighted by molar-refractivity contribution is -0.124. The van der Waals surface area contributed by atoms with Crippen LogP contribution in [0.15, 0.2) is 22.7 Å². The molecule has 1 aromatic rings. The number of nitrogens with one attached hydrogen (secondary N) is 1. The summed E-state index contributed by atoms with van der Waals surface area (Å²) >= 11 is 3.49. The van der Waals surface area contributed by atoms with Crippen molar-refractivity contribution < 1.29 is 9.59 Å². The first-order valence-corrected chi connectivity index (χ1v) is 9.22. The Morgan fingerprint density at radius 3 is 2.78 bits per heavy atom. The highest BCUT2D eigenvalue weighted by Gasteiger charge is 2.45. The third-order valence-electron chi connectivity index (χ3n) is 5.60. The van der Waals surface area contributed by atoms with Crippen molar-refractivity contribution in [3.8, 4) is 0 Å². The maximum atomic E-state index is 12.8. The van der Waals surface area contributed by atoms with Crippen molar-refractivity contribution in [3.05, 3.63) is 33.8 Å². The molecular formula is C18H21BrN2O2. The lowest BCUT2D eigenvalue weighted by atomic mass is 9.70. The van der Waals surface area contributed by atoms with Crippen LogP contribution in [0.4, 0.5) is 0 Å². The van der Waals surface area contributed by atoms with Crippen LogP contribution >= 0.6 is 15.9 Å². The summed E-state index contributed by atoms with van der Waals surface area (Å²) in [6.45, 7) is 2.39. The third-order valence-corrected chi connectivity index (χ3v) is 6.09. The number of halogens is 1. The molecule has 5 heteroatoms. The summed E-state index contributed by atoms with van der Waals surface area (Å²) in [6, 6.07) is 6.35. The summed E-state index contributed by atoms with van der Waals surface area (Å²) in [7, 11) is 0. The Morgan fingerprint density at radius 2 is 2.13 bits per heavy atom. The second-order valence-corrected chi connectivity index (χ2v) is 8.17. The van der Waals surface area contributed by atoms with Crippen LogP contribution in [0.25, 0.3) is 0 Å². The first kappa shape index (κ1) is 15.2. The second kappa shape index (κ2) is 5.62. The average molecular weight is 377 g/mol. The van der Waals surface area contributed by atoms with E-state index in [2.05, 4.69) is 34.2 Å². The summed E-state index contributed by atoms with van der Waals surface area (Å²) in [5.74, 6) is 1.09. The molecule has 0 spiro atoms. The number of hydrogen-bond acceptors (Lipinski definition) is 2. The van der Waals surface area contributed by atoms with E-state index in [4.69, 9.17) is 0 Å². The summed E-state index contributed by atoms with van der Waals surface area (Å²) in [5, 5.41) is 3.07. The van der Waals surface area contributed by atoms with Gasteiger partial charge in [-0.2, -0.15) is 0 Å². The van der Waals surface area contributed by atoms with Gasteiger partial charge in [-0.05, 0) is 55.4 Å². The molecule has 1 aliphatic heterocycles. The minimum Gasteiger partial charge on any atom is -0.352 e. The van der Waals surface area contributed by atoms with Crippen LogP contribution in [0, 0.1) is 5.92 Å². The van der Waals surface area contributed by atoms with Crippen molar-refractivity contribution in [2.75, 3.05) is 6.54 Å². The number of amides is 2. The van der Waals surface area contributed by atoms with Gasteiger partial charge in [0, 0.05) is 28.0 Å². The minimum absolute atomic E-state index is 0.00516. The number of nitrogens with zero attached hydrogens (tertiary/aromatic N) is 1.